The van der Waals surface area contributed by atoms with Crippen LogP contribution in [0.4, 0.5) is 0 Å². The topological polar surface area (TPSA) is 24.8 Å². The summed E-state index contributed by atoms with van der Waals surface area (Å²) in [7, 11) is 0. The summed E-state index contributed by atoms with van der Waals surface area (Å²) in [4.78, 5) is 8.46. The zero-order valence-corrected chi connectivity index (χ0v) is 10.5. The molecule has 1 aromatic carbocycles. The highest BCUT2D eigenvalue weighted by molar-refractivity contribution is 6.01. The first kappa shape index (κ1) is 10.6. The summed E-state index contributed by atoms with van der Waals surface area (Å²) in [6.07, 6.45) is 3.54. The molecule has 4 aliphatic heterocycles. The van der Waals surface area contributed by atoms with Crippen molar-refractivity contribution in [3.8, 4) is 0 Å². The molecule has 2 bridgehead atoms. The van der Waals surface area contributed by atoms with Crippen molar-refractivity contribution < 1.29 is 4.84 Å². The minimum absolute atomic E-state index is 0.0122. The van der Waals surface area contributed by atoms with E-state index in [2.05, 4.69) is 34.3 Å². The highest BCUT2D eigenvalue weighted by Crippen LogP contribution is 2.44. The first-order chi connectivity index (χ1) is 8.86. The van der Waals surface area contributed by atoms with E-state index in [1.807, 2.05) is 6.07 Å². The molecule has 3 nitrogen and oxygen atoms in total. The van der Waals surface area contributed by atoms with Crippen LogP contribution in [0.2, 0.25) is 0 Å². The van der Waals surface area contributed by atoms with E-state index in [4.69, 9.17) is 4.84 Å². The van der Waals surface area contributed by atoms with E-state index in [-0.39, 0.29) is 5.60 Å². The molecule has 0 radical (unpaired) electrons. The van der Waals surface area contributed by atoms with Gasteiger partial charge in [0.15, 0.2) is 5.60 Å². The molecule has 1 atom stereocenters. The zero-order valence-electron chi connectivity index (χ0n) is 10.5. The maximum absolute atomic E-state index is 5.93. The van der Waals surface area contributed by atoms with Crippen molar-refractivity contribution in [2.75, 3.05) is 19.6 Å². The van der Waals surface area contributed by atoms with Crippen LogP contribution >= 0.6 is 0 Å². The Kier molecular flexibility index (Phi) is 2.24. The van der Waals surface area contributed by atoms with Gasteiger partial charge >= 0.3 is 0 Å². The molecule has 3 fully saturated rings. The molecule has 4 heterocycles. The van der Waals surface area contributed by atoms with E-state index < -0.39 is 0 Å². The lowest BCUT2D eigenvalue weighted by atomic mass is 9.72. The smallest absolute Gasteiger partial charge is 0.158 e. The molecule has 4 aliphatic rings. The second-order valence-corrected chi connectivity index (χ2v) is 5.79. The van der Waals surface area contributed by atoms with Gasteiger partial charge in [-0.3, -0.25) is 4.90 Å². The van der Waals surface area contributed by atoms with Gasteiger partial charge in [-0.2, -0.15) is 0 Å². The monoisotopic (exact) mass is 242 g/mol. The van der Waals surface area contributed by atoms with E-state index >= 15 is 0 Å². The molecule has 0 saturated carbocycles. The Morgan fingerprint density at radius 3 is 2.61 bits per heavy atom. The Morgan fingerprint density at radius 2 is 1.94 bits per heavy atom. The molecule has 3 heteroatoms. The van der Waals surface area contributed by atoms with Gasteiger partial charge in [-0.1, -0.05) is 35.5 Å². The van der Waals surface area contributed by atoms with Gasteiger partial charge in [0.2, 0.25) is 0 Å². The van der Waals surface area contributed by atoms with Crippen LogP contribution in [-0.2, 0) is 4.84 Å². The first-order valence-electron chi connectivity index (χ1n) is 6.89. The van der Waals surface area contributed by atoms with Crippen molar-refractivity contribution in [3.05, 3.63) is 35.9 Å². The molecule has 0 amide bonds. The van der Waals surface area contributed by atoms with Crippen molar-refractivity contribution in [2.24, 2.45) is 11.1 Å². The van der Waals surface area contributed by atoms with Crippen molar-refractivity contribution in [1.82, 2.24) is 4.90 Å². The number of benzene rings is 1. The highest BCUT2D eigenvalue weighted by atomic mass is 16.7. The molecule has 0 aromatic heterocycles. The second-order valence-electron chi connectivity index (χ2n) is 5.79. The molecular weight excluding hydrogens is 224 g/mol. The molecule has 3 saturated heterocycles. The van der Waals surface area contributed by atoms with Gasteiger partial charge in [0, 0.05) is 18.9 Å². The molecule has 0 N–H and O–H groups in total. The summed E-state index contributed by atoms with van der Waals surface area (Å²) in [5.41, 5.74) is 2.33. The van der Waals surface area contributed by atoms with Crippen LogP contribution < -0.4 is 0 Å². The van der Waals surface area contributed by atoms with Crippen molar-refractivity contribution in [2.45, 2.75) is 24.9 Å². The standard InChI is InChI=1S/C15H18N2O/c1-2-4-12(5-3-1)14-10-15(18-16-14)11-17-8-6-13(15)7-9-17/h1-5,13H,6-11H2. The molecule has 1 aromatic rings. The molecule has 0 aliphatic carbocycles. The maximum atomic E-state index is 5.93. The normalized spacial score (nSPS) is 37.7. The van der Waals surface area contributed by atoms with Gasteiger partial charge in [-0.25, -0.2) is 0 Å². The Morgan fingerprint density at radius 1 is 1.17 bits per heavy atom. The Bertz CT molecular complexity index is 477. The lowest BCUT2D eigenvalue weighted by Gasteiger charge is -2.49. The number of nitrogens with zero attached hydrogens (tertiary/aromatic N) is 2. The minimum atomic E-state index is -0.0122. The van der Waals surface area contributed by atoms with Crippen LogP contribution in [0.15, 0.2) is 35.5 Å². The molecule has 94 valence electrons. The average Bonchev–Trinajstić information content (AvgIpc) is 2.85. The molecule has 1 unspecified atom stereocenters. The Labute approximate surface area is 107 Å². The summed E-state index contributed by atoms with van der Waals surface area (Å²) in [5.74, 6) is 0.701. The lowest BCUT2D eigenvalue weighted by molar-refractivity contribution is -0.136. The van der Waals surface area contributed by atoms with E-state index in [0.717, 1.165) is 18.7 Å². The maximum Gasteiger partial charge on any atom is 0.158 e. The predicted octanol–water partition coefficient (Wildman–Crippen LogP) is 2.28. The summed E-state index contributed by atoms with van der Waals surface area (Å²) >= 11 is 0. The second kappa shape index (κ2) is 3.82. The SMILES string of the molecule is c1ccc(C2=NOC3(C2)CN2CCC3CC2)cc1. The van der Waals surface area contributed by atoms with E-state index in [1.54, 1.807) is 0 Å². The zero-order chi connectivity index (χ0) is 12.0. The third kappa shape index (κ3) is 1.50. The largest absolute Gasteiger partial charge is 0.387 e. The fourth-order valence-electron chi connectivity index (χ4n) is 3.71. The van der Waals surface area contributed by atoms with Gasteiger partial charge in [-0.15, -0.1) is 0 Å². The van der Waals surface area contributed by atoms with Crippen molar-refractivity contribution in [1.29, 1.82) is 0 Å². The molecule has 1 spiro atoms. The number of piperidine rings is 3. The van der Waals surface area contributed by atoms with Gasteiger partial charge in [-0.05, 0) is 31.5 Å². The highest BCUT2D eigenvalue weighted by Gasteiger charge is 2.52. The molecular formula is C15H18N2O. The number of hydrogen-bond acceptors (Lipinski definition) is 3. The summed E-state index contributed by atoms with van der Waals surface area (Å²) in [6, 6.07) is 10.4. The van der Waals surface area contributed by atoms with E-state index in [0.29, 0.717) is 5.92 Å². The average molecular weight is 242 g/mol. The fourth-order valence-corrected chi connectivity index (χ4v) is 3.71. The van der Waals surface area contributed by atoms with Crippen LogP contribution in [0.3, 0.4) is 0 Å². The summed E-state index contributed by atoms with van der Waals surface area (Å²) in [6.45, 7) is 3.56. The molecule has 18 heavy (non-hydrogen) atoms. The van der Waals surface area contributed by atoms with Crippen LogP contribution in [0.5, 0.6) is 0 Å². The van der Waals surface area contributed by atoms with Crippen LogP contribution in [0, 0.1) is 5.92 Å². The first-order valence-corrected chi connectivity index (χ1v) is 6.89. The lowest BCUT2D eigenvalue weighted by Crippen LogP contribution is -2.59. The van der Waals surface area contributed by atoms with Crippen LogP contribution in [0.1, 0.15) is 24.8 Å². The van der Waals surface area contributed by atoms with Crippen molar-refractivity contribution >= 4 is 5.71 Å². The number of rotatable bonds is 1. The fraction of sp³-hybridized carbons (Fsp3) is 0.533. The molecule has 5 rings (SSSR count). The summed E-state index contributed by atoms with van der Waals surface area (Å²) < 4.78 is 0. The number of hydrogen-bond donors (Lipinski definition) is 0. The van der Waals surface area contributed by atoms with E-state index in [1.165, 1.54) is 31.5 Å². The van der Waals surface area contributed by atoms with Gasteiger partial charge in [0.25, 0.3) is 0 Å². The third-order valence-electron chi connectivity index (χ3n) is 4.73. The minimum Gasteiger partial charge on any atom is -0.387 e. The van der Waals surface area contributed by atoms with Crippen LogP contribution in [0.25, 0.3) is 0 Å². The van der Waals surface area contributed by atoms with Gasteiger partial charge in [0.1, 0.15) is 0 Å². The Balaban J connectivity index is 1.59. The number of oxime groups is 1. The van der Waals surface area contributed by atoms with E-state index in [9.17, 15) is 0 Å². The van der Waals surface area contributed by atoms with Crippen LogP contribution in [-0.4, -0.2) is 35.8 Å². The van der Waals surface area contributed by atoms with Crippen molar-refractivity contribution in [3.63, 3.8) is 0 Å². The van der Waals surface area contributed by atoms with Gasteiger partial charge < -0.3 is 4.84 Å². The summed E-state index contributed by atoms with van der Waals surface area (Å²) in [5, 5.41) is 4.39. The quantitative estimate of drug-likeness (QED) is 0.754. The Hall–Kier alpha value is -1.35. The number of fused-ring (bicyclic) bond motifs is 2. The predicted molar refractivity (Wildman–Crippen MR) is 70.6 cm³/mol. The van der Waals surface area contributed by atoms with Gasteiger partial charge in [0.05, 0.1) is 5.71 Å². The third-order valence-corrected chi connectivity index (χ3v) is 4.73.